The average molecular weight is 621 g/mol. The Balaban J connectivity index is 2.37. The van der Waals surface area contributed by atoms with Crippen molar-refractivity contribution in [2.24, 2.45) is 11.8 Å². The molecule has 1 heterocycles. The van der Waals surface area contributed by atoms with Crippen LogP contribution < -0.4 is 0 Å². The van der Waals surface area contributed by atoms with E-state index in [0.29, 0.717) is 12.0 Å². The van der Waals surface area contributed by atoms with Crippen LogP contribution in [0.5, 0.6) is 0 Å². The summed E-state index contributed by atoms with van der Waals surface area (Å²) in [7, 11) is 0. The molecule has 2 aliphatic carbocycles. The molecular weight excluding hydrogens is 576 g/mol. The zero-order valence-corrected chi connectivity index (χ0v) is 27.0. The summed E-state index contributed by atoms with van der Waals surface area (Å²) in [5.41, 5.74) is -5.67. The van der Waals surface area contributed by atoms with Crippen molar-refractivity contribution >= 4 is 29.8 Å². The largest absolute Gasteiger partial charge is 0.459 e. The molecule has 0 aromatic rings. The monoisotopic (exact) mass is 620 g/mol. The molecule has 3 aliphatic rings. The predicted molar refractivity (Wildman–Crippen MR) is 154 cm³/mol. The first kappa shape index (κ1) is 35.0. The number of esters is 5. The smallest absolute Gasteiger partial charge is 0.341 e. The summed E-state index contributed by atoms with van der Waals surface area (Å²) < 4.78 is 29.1. The van der Waals surface area contributed by atoms with Gasteiger partial charge in [0.1, 0.15) is 11.7 Å². The zero-order valence-electron chi connectivity index (χ0n) is 27.0. The van der Waals surface area contributed by atoms with E-state index in [1.165, 1.54) is 26.0 Å². The van der Waals surface area contributed by atoms with Crippen molar-refractivity contribution in [2.45, 2.75) is 123 Å². The van der Waals surface area contributed by atoms with Crippen LogP contribution in [0.4, 0.5) is 0 Å². The van der Waals surface area contributed by atoms with Crippen LogP contribution in [0.1, 0.15) is 82.1 Å². The standard InChI is InChI=1S/C32H44O12/c1-11-16(5)27(35)40-20-14-30(9,44-19(8)33)23-22(26-32(20,39)31(10,38)29(37)43-26)18(7)24(42-28(36)17(6)12-2)25(23)41-21(34)13-15(3)4/h12-13,16,20,23-26,38-39H,11,14H2,1-10H3/b17-12-/t16-,20-,23+,24-,25-,26-,30-,31+,32+/m1/s1. The van der Waals surface area contributed by atoms with Crippen molar-refractivity contribution in [1.82, 2.24) is 0 Å². The van der Waals surface area contributed by atoms with E-state index >= 15 is 0 Å². The van der Waals surface area contributed by atoms with Crippen molar-refractivity contribution in [3.63, 3.8) is 0 Å². The van der Waals surface area contributed by atoms with E-state index in [9.17, 15) is 34.2 Å². The molecule has 0 amide bonds. The normalized spacial score (nSPS) is 35.4. The van der Waals surface area contributed by atoms with Gasteiger partial charge in [0.05, 0.1) is 11.8 Å². The first-order chi connectivity index (χ1) is 20.3. The molecule has 0 spiro atoms. The third-order valence-corrected chi connectivity index (χ3v) is 8.97. The Morgan fingerprint density at radius 3 is 2.20 bits per heavy atom. The highest BCUT2D eigenvalue weighted by molar-refractivity contribution is 5.88. The maximum atomic E-state index is 13.1. The Morgan fingerprint density at radius 1 is 1.07 bits per heavy atom. The van der Waals surface area contributed by atoms with Crippen LogP contribution in [0.25, 0.3) is 0 Å². The minimum Gasteiger partial charge on any atom is -0.459 e. The Morgan fingerprint density at radius 2 is 1.68 bits per heavy atom. The minimum absolute atomic E-state index is 0.107. The van der Waals surface area contributed by atoms with Crippen molar-refractivity contribution in [3.8, 4) is 0 Å². The molecule has 3 rings (SSSR count). The second kappa shape index (κ2) is 12.5. The molecule has 1 saturated heterocycles. The lowest BCUT2D eigenvalue weighted by atomic mass is 9.75. The highest BCUT2D eigenvalue weighted by atomic mass is 16.6. The van der Waals surface area contributed by atoms with E-state index in [1.54, 1.807) is 41.5 Å². The summed E-state index contributed by atoms with van der Waals surface area (Å²) in [5.74, 6) is -5.96. The number of allylic oxidation sites excluding steroid dienone is 2. The summed E-state index contributed by atoms with van der Waals surface area (Å²) in [6.45, 7) is 15.2. The van der Waals surface area contributed by atoms with Crippen LogP contribution in [-0.4, -0.2) is 81.3 Å². The quantitative estimate of drug-likeness (QED) is 0.176. The fourth-order valence-electron chi connectivity index (χ4n) is 6.22. The second-order valence-corrected chi connectivity index (χ2v) is 12.6. The van der Waals surface area contributed by atoms with Gasteiger partial charge in [-0.1, -0.05) is 25.5 Å². The summed E-state index contributed by atoms with van der Waals surface area (Å²) in [4.78, 5) is 64.9. The van der Waals surface area contributed by atoms with E-state index in [1.807, 2.05) is 0 Å². The molecule has 0 aromatic carbocycles. The van der Waals surface area contributed by atoms with Gasteiger partial charge in [-0.3, -0.25) is 9.59 Å². The van der Waals surface area contributed by atoms with Gasteiger partial charge in [-0.2, -0.15) is 0 Å². The maximum absolute atomic E-state index is 13.1. The number of hydrogen-bond donors (Lipinski definition) is 2. The highest BCUT2D eigenvalue weighted by Crippen LogP contribution is 2.57. The van der Waals surface area contributed by atoms with Gasteiger partial charge >= 0.3 is 29.8 Å². The van der Waals surface area contributed by atoms with E-state index in [4.69, 9.17) is 23.7 Å². The summed E-state index contributed by atoms with van der Waals surface area (Å²) in [6.07, 6.45) is -3.19. The number of carbonyl (C=O) groups is 5. The van der Waals surface area contributed by atoms with Crippen molar-refractivity contribution < 1.29 is 57.9 Å². The summed E-state index contributed by atoms with van der Waals surface area (Å²) >= 11 is 0. The summed E-state index contributed by atoms with van der Waals surface area (Å²) in [6, 6.07) is 0. The van der Waals surface area contributed by atoms with E-state index in [2.05, 4.69) is 0 Å². The van der Waals surface area contributed by atoms with Gasteiger partial charge in [-0.25, -0.2) is 14.4 Å². The van der Waals surface area contributed by atoms with Crippen LogP contribution in [0.3, 0.4) is 0 Å². The fraction of sp³-hybridized carbons (Fsp3) is 0.656. The summed E-state index contributed by atoms with van der Waals surface area (Å²) in [5, 5.41) is 23.9. The van der Waals surface area contributed by atoms with Crippen LogP contribution >= 0.6 is 0 Å². The molecule has 2 N–H and O–H groups in total. The first-order valence-electron chi connectivity index (χ1n) is 14.7. The molecule has 0 unspecified atom stereocenters. The van der Waals surface area contributed by atoms with Crippen molar-refractivity contribution in [3.05, 3.63) is 34.4 Å². The minimum atomic E-state index is -2.60. The lowest BCUT2D eigenvalue weighted by molar-refractivity contribution is -0.213. The van der Waals surface area contributed by atoms with Crippen LogP contribution in [0.15, 0.2) is 34.4 Å². The van der Waals surface area contributed by atoms with Gasteiger partial charge in [-0.05, 0) is 66.0 Å². The second-order valence-electron chi connectivity index (χ2n) is 12.6. The van der Waals surface area contributed by atoms with Gasteiger partial charge in [0, 0.05) is 25.0 Å². The molecule has 0 bridgehead atoms. The molecule has 44 heavy (non-hydrogen) atoms. The zero-order chi connectivity index (χ0) is 33.5. The van der Waals surface area contributed by atoms with Gasteiger partial charge in [0.25, 0.3) is 0 Å². The third kappa shape index (κ3) is 5.93. The molecule has 0 radical (unpaired) electrons. The molecule has 1 saturated carbocycles. The van der Waals surface area contributed by atoms with E-state index in [0.717, 1.165) is 13.8 Å². The molecule has 12 nitrogen and oxygen atoms in total. The van der Waals surface area contributed by atoms with Gasteiger partial charge in [0.2, 0.25) is 0 Å². The molecule has 0 aromatic heterocycles. The molecule has 2 fully saturated rings. The molecule has 244 valence electrons. The Kier molecular flexibility index (Phi) is 9.91. The molecule has 12 heteroatoms. The fourth-order valence-corrected chi connectivity index (χ4v) is 6.22. The lowest BCUT2D eigenvalue weighted by Gasteiger charge is -2.42. The Bertz CT molecular complexity index is 1320. The SMILES string of the molecule is C/C=C(/C)C(=O)O[C@@H]1C(C)=C2[C@H]3OC(=O)[C@](C)(O)[C@]3(O)[C@H](OC(=O)[C@H](C)CC)C[C@@](C)(OC(C)=O)[C@@H]2[C@H]1OC(=O)C=C(C)C. The van der Waals surface area contributed by atoms with E-state index < -0.39 is 89.3 Å². The Labute approximate surface area is 257 Å². The maximum Gasteiger partial charge on any atom is 0.341 e. The van der Waals surface area contributed by atoms with Crippen LogP contribution in [-0.2, 0) is 47.7 Å². The number of hydrogen-bond acceptors (Lipinski definition) is 12. The number of carbonyl (C=O) groups excluding carboxylic acids is 5. The lowest BCUT2D eigenvalue weighted by Crippen LogP contribution is -2.64. The number of rotatable bonds is 8. The highest BCUT2D eigenvalue weighted by Gasteiger charge is 2.76. The van der Waals surface area contributed by atoms with Gasteiger partial charge in [-0.15, -0.1) is 0 Å². The number of fused-ring (bicyclic) bond motifs is 3. The Hall–Kier alpha value is -3.51. The molecule has 9 atom stereocenters. The number of aliphatic hydroxyl groups is 2. The van der Waals surface area contributed by atoms with Gasteiger partial charge in [0.15, 0.2) is 29.5 Å². The van der Waals surface area contributed by atoms with Crippen LogP contribution in [0.2, 0.25) is 0 Å². The van der Waals surface area contributed by atoms with Crippen molar-refractivity contribution in [2.75, 3.05) is 0 Å². The predicted octanol–water partition coefficient (Wildman–Crippen LogP) is 2.78. The van der Waals surface area contributed by atoms with Gasteiger partial charge < -0.3 is 33.9 Å². The van der Waals surface area contributed by atoms with Crippen molar-refractivity contribution in [1.29, 1.82) is 0 Å². The van der Waals surface area contributed by atoms with Crippen LogP contribution in [0, 0.1) is 11.8 Å². The van der Waals surface area contributed by atoms with E-state index in [-0.39, 0.29) is 16.7 Å². The molecular formula is C32H44O12. The third-order valence-electron chi connectivity index (χ3n) is 8.97. The number of ether oxygens (including phenoxy) is 5. The first-order valence-corrected chi connectivity index (χ1v) is 14.7. The topological polar surface area (TPSA) is 172 Å². The molecule has 1 aliphatic heterocycles. The average Bonchev–Trinajstić information content (AvgIpc) is 3.25.